The van der Waals surface area contributed by atoms with Crippen LogP contribution in [0.15, 0.2) is 53.4 Å². The van der Waals surface area contributed by atoms with Gasteiger partial charge in [0.1, 0.15) is 0 Å². The van der Waals surface area contributed by atoms with E-state index in [-0.39, 0.29) is 22.6 Å². The van der Waals surface area contributed by atoms with Crippen LogP contribution in [0.3, 0.4) is 0 Å². The number of urea groups is 1. The van der Waals surface area contributed by atoms with E-state index < -0.39 is 34.4 Å². The number of sulfonamides is 1. The van der Waals surface area contributed by atoms with Gasteiger partial charge in [0, 0.05) is 25.2 Å². The molecule has 0 radical (unpaired) electrons. The smallest absolute Gasteiger partial charge is 0.338 e. The Labute approximate surface area is 180 Å². The number of ether oxygens (including phenoxy) is 1. The summed E-state index contributed by atoms with van der Waals surface area (Å²) < 4.78 is 31.5. The lowest BCUT2D eigenvalue weighted by Gasteiger charge is -2.15. The summed E-state index contributed by atoms with van der Waals surface area (Å²) in [5.41, 5.74) is 6.25. The van der Waals surface area contributed by atoms with Crippen molar-refractivity contribution < 1.29 is 27.5 Å². The minimum Gasteiger partial charge on any atom is -0.454 e. The second kappa shape index (κ2) is 9.71. The first-order valence-electron chi connectivity index (χ1n) is 9.70. The minimum absolute atomic E-state index is 0.133. The summed E-state index contributed by atoms with van der Waals surface area (Å²) in [4.78, 5) is 35.3. The van der Waals surface area contributed by atoms with Crippen LogP contribution >= 0.6 is 0 Å². The topological polar surface area (TPSA) is 136 Å². The number of benzene rings is 2. The standard InChI is InChI=1S/C21H23N3O6S/c22-21(27)23-13-15-3-5-17(6-4-15)20(26)30-14-19(25)16-7-9-18(10-8-16)31(28,29)24-11-1-2-12-24/h3-10H,1-2,11-14H2,(H3,22,23,27). The molecule has 3 N–H and O–H groups in total. The van der Waals surface area contributed by atoms with Crippen molar-refractivity contribution in [3.8, 4) is 0 Å². The van der Waals surface area contributed by atoms with Crippen molar-refractivity contribution in [2.75, 3.05) is 19.7 Å². The summed E-state index contributed by atoms with van der Waals surface area (Å²) in [5, 5.41) is 2.44. The molecule has 0 atom stereocenters. The van der Waals surface area contributed by atoms with E-state index in [4.69, 9.17) is 10.5 Å². The zero-order chi connectivity index (χ0) is 22.4. The molecule has 0 bridgehead atoms. The molecule has 0 unspecified atom stereocenters. The number of nitrogens with two attached hydrogens (primary N) is 1. The highest BCUT2D eigenvalue weighted by Crippen LogP contribution is 2.21. The van der Waals surface area contributed by atoms with Crippen LogP contribution in [0.5, 0.6) is 0 Å². The maximum Gasteiger partial charge on any atom is 0.338 e. The molecule has 2 aromatic carbocycles. The molecule has 1 aliphatic rings. The lowest BCUT2D eigenvalue weighted by atomic mass is 10.1. The highest BCUT2D eigenvalue weighted by atomic mass is 32.2. The largest absolute Gasteiger partial charge is 0.454 e. The maximum atomic E-state index is 12.5. The van der Waals surface area contributed by atoms with Crippen LogP contribution in [0, 0.1) is 0 Å². The Morgan fingerprint density at radius 1 is 0.935 bits per heavy atom. The molecule has 9 nitrogen and oxygen atoms in total. The van der Waals surface area contributed by atoms with Crippen molar-refractivity contribution >= 4 is 27.8 Å². The van der Waals surface area contributed by atoms with E-state index in [1.54, 1.807) is 12.1 Å². The van der Waals surface area contributed by atoms with Crippen LogP contribution in [-0.4, -0.2) is 50.2 Å². The molecule has 3 rings (SSSR count). The molecule has 0 aromatic heterocycles. The summed E-state index contributed by atoms with van der Waals surface area (Å²) in [6.07, 6.45) is 1.68. The van der Waals surface area contributed by atoms with Gasteiger partial charge < -0.3 is 15.8 Å². The Morgan fingerprint density at radius 2 is 1.52 bits per heavy atom. The van der Waals surface area contributed by atoms with Gasteiger partial charge in [-0.25, -0.2) is 18.0 Å². The highest BCUT2D eigenvalue weighted by Gasteiger charge is 2.27. The van der Waals surface area contributed by atoms with E-state index >= 15 is 0 Å². The van der Waals surface area contributed by atoms with Crippen LogP contribution < -0.4 is 11.1 Å². The van der Waals surface area contributed by atoms with Gasteiger partial charge in [0.25, 0.3) is 0 Å². The number of rotatable bonds is 8. The average Bonchev–Trinajstić information content (AvgIpc) is 3.32. The van der Waals surface area contributed by atoms with Gasteiger partial charge >= 0.3 is 12.0 Å². The van der Waals surface area contributed by atoms with Gasteiger partial charge in [0.15, 0.2) is 12.4 Å². The van der Waals surface area contributed by atoms with Gasteiger partial charge in [-0.3, -0.25) is 4.79 Å². The molecule has 31 heavy (non-hydrogen) atoms. The zero-order valence-corrected chi connectivity index (χ0v) is 17.6. The number of carbonyl (C=O) groups excluding carboxylic acids is 3. The van der Waals surface area contributed by atoms with Crippen molar-refractivity contribution in [1.82, 2.24) is 9.62 Å². The van der Waals surface area contributed by atoms with Gasteiger partial charge in [0.2, 0.25) is 10.0 Å². The van der Waals surface area contributed by atoms with E-state index in [0.29, 0.717) is 13.1 Å². The number of esters is 1. The summed E-state index contributed by atoms with van der Waals surface area (Å²) in [7, 11) is -3.55. The van der Waals surface area contributed by atoms with Crippen molar-refractivity contribution in [3.63, 3.8) is 0 Å². The Balaban J connectivity index is 1.55. The molecule has 1 fully saturated rings. The lowest BCUT2D eigenvalue weighted by molar-refractivity contribution is 0.0474. The normalized spacial score (nSPS) is 14.2. The predicted octanol–water partition coefficient (Wildman–Crippen LogP) is 1.68. The van der Waals surface area contributed by atoms with Crippen molar-refractivity contribution in [1.29, 1.82) is 0 Å². The number of nitrogens with one attached hydrogen (secondary N) is 1. The second-order valence-corrected chi connectivity index (χ2v) is 8.99. The molecule has 0 aliphatic carbocycles. The first-order valence-corrected chi connectivity index (χ1v) is 11.1. The molecule has 1 heterocycles. The van der Waals surface area contributed by atoms with Crippen molar-refractivity contribution in [2.45, 2.75) is 24.3 Å². The number of hydrogen-bond donors (Lipinski definition) is 2. The van der Waals surface area contributed by atoms with Crippen LogP contribution in [0.4, 0.5) is 4.79 Å². The fourth-order valence-corrected chi connectivity index (χ4v) is 4.65. The maximum absolute atomic E-state index is 12.5. The van der Waals surface area contributed by atoms with E-state index in [1.165, 1.54) is 40.7 Å². The number of hydrogen-bond acceptors (Lipinski definition) is 6. The van der Waals surface area contributed by atoms with Crippen molar-refractivity contribution in [3.05, 3.63) is 65.2 Å². The SMILES string of the molecule is NC(=O)NCc1ccc(C(=O)OCC(=O)c2ccc(S(=O)(=O)N3CCCC3)cc2)cc1. The second-order valence-electron chi connectivity index (χ2n) is 7.05. The van der Waals surface area contributed by atoms with Crippen LogP contribution in [0.25, 0.3) is 0 Å². The predicted molar refractivity (Wildman–Crippen MR) is 112 cm³/mol. The van der Waals surface area contributed by atoms with E-state index in [0.717, 1.165) is 18.4 Å². The van der Waals surface area contributed by atoms with Gasteiger partial charge in [-0.05, 0) is 54.8 Å². The molecule has 2 aromatic rings. The molecule has 10 heteroatoms. The minimum atomic E-state index is -3.55. The fourth-order valence-electron chi connectivity index (χ4n) is 3.14. The van der Waals surface area contributed by atoms with Gasteiger partial charge in [-0.1, -0.05) is 12.1 Å². The number of nitrogens with zero attached hydrogens (tertiary/aromatic N) is 1. The first kappa shape index (κ1) is 22.4. The van der Waals surface area contributed by atoms with E-state index in [9.17, 15) is 22.8 Å². The summed E-state index contributed by atoms with van der Waals surface area (Å²) in [5.74, 6) is -1.11. The molecular weight excluding hydrogens is 422 g/mol. The molecule has 2 amide bonds. The highest BCUT2D eigenvalue weighted by molar-refractivity contribution is 7.89. The van der Waals surface area contributed by atoms with Crippen molar-refractivity contribution in [2.24, 2.45) is 5.73 Å². The Morgan fingerprint density at radius 3 is 2.10 bits per heavy atom. The molecule has 164 valence electrons. The van der Waals surface area contributed by atoms with Gasteiger partial charge in [-0.15, -0.1) is 0 Å². The average molecular weight is 445 g/mol. The summed E-state index contributed by atoms with van der Waals surface area (Å²) >= 11 is 0. The molecule has 1 aliphatic heterocycles. The number of carbonyl (C=O) groups is 3. The molecule has 0 saturated carbocycles. The summed E-state index contributed by atoms with van der Waals surface area (Å²) in [6, 6.07) is 11.3. The number of primary amides is 1. The first-order chi connectivity index (χ1) is 14.8. The third-order valence-corrected chi connectivity index (χ3v) is 6.78. The monoisotopic (exact) mass is 445 g/mol. The number of Topliss-reactive ketones (excluding diaryl/α,β-unsaturated/α-hetero) is 1. The fraction of sp³-hybridized carbons (Fsp3) is 0.286. The quantitative estimate of drug-likeness (QED) is 0.469. The Kier molecular flexibility index (Phi) is 7.03. The Bertz CT molecular complexity index is 1060. The number of ketones is 1. The lowest BCUT2D eigenvalue weighted by Crippen LogP contribution is -2.28. The molecule has 1 saturated heterocycles. The third-order valence-electron chi connectivity index (χ3n) is 4.87. The van der Waals surface area contributed by atoms with E-state index in [2.05, 4.69) is 5.32 Å². The molecular formula is C21H23N3O6S. The zero-order valence-electron chi connectivity index (χ0n) is 16.7. The summed E-state index contributed by atoms with van der Waals surface area (Å²) in [6.45, 7) is 0.762. The van der Waals surface area contributed by atoms with Gasteiger partial charge in [0.05, 0.1) is 10.5 Å². The Hall–Kier alpha value is -3.24. The third kappa shape index (κ3) is 5.68. The number of amides is 2. The van der Waals surface area contributed by atoms with Crippen LogP contribution in [0.2, 0.25) is 0 Å². The van der Waals surface area contributed by atoms with Gasteiger partial charge in [-0.2, -0.15) is 4.31 Å². The van der Waals surface area contributed by atoms with Crippen LogP contribution in [-0.2, 0) is 21.3 Å². The van der Waals surface area contributed by atoms with Crippen LogP contribution in [0.1, 0.15) is 39.1 Å². The van der Waals surface area contributed by atoms with E-state index in [1.807, 2.05) is 0 Å². The molecule has 0 spiro atoms.